The van der Waals surface area contributed by atoms with Gasteiger partial charge in [0.2, 0.25) is 0 Å². The summed E-state index contributed by atoms with van der Waals surface area (Å²) in [6.45, 7) is 4.37. The molecule has 0 bridgehead atoms. The van der Waals surface area contributed by atoms with Crippen LogP contribution in [0.25, 0.3) is 0 Å². The van der Waals surface area contributed by atoms with E-state index in [9.17, 15) is 4.39 Å². The third-order valence-corrected chi connectivity index (χ3v) is 3.51. The molecule has 1 saturated carbocycles. The van der Waals surface area contributed by atoms with Gasteiger partial charge in [0.15, 0.2) is 0 Å². The van der Waals surface area contributed by atoms with E-state index in [-0.39, 0.29) is 11.9 Å². The molecule has 17 heavy (non-hydrogen) atoms. The van der Waals surface area contributed by atoms with Crippen molar-refractivity contribution < 1.29 is 4.39 Å². The van der Waals surface area contributed by atoms with Crippen molar-refractivity contribution in [2.75, 3.05) is 0 Å². The highest BCUT2D eigenvalue weighted by molar-refractivity contribution is 5.11. The predicted molar refractivity (Wildman–Crippen MR) is 67.2 cm³/mol. The van der Waals surface area contributed by atoms with E-state index in [0.717, 1.165) is 18.0 Å². The number of halogens is 1. The van der Waals surface area contributed by atoms with Crippen molar-refractivity contribution in [2.45, 2.75) is 51.6 Å². The highest BCUT2D eigenvalue weighted by Gasteiger charge is 2.37. The highest BCUT2D eigenvalue weighted by atomic mass is 19.1. The highest BCUT2D eigenvalue weighted by Crippen LogP contribution is 2.36. The minimum absolute atomic E-state index is 0.265. The molecule has 3 unspecified atom stereocenters. The van der Waals surface area contributed by atoms with Crippen LogP contribution in [0.3, 0.4) is 0 Å². The number of aromatic nitrogens is 1. The minimum Gasteiger partial charge on any atom is -0.306 e. The average Bonchev–Trinajstić information content (AvgIpc) is 3.06. The van der Waals surface area contributed by atoms with Crippen molar-refractivity contribution in [3.8, 4) is 0 Å². The van der Waals surface area contributed by atoms with Gasteiger partial charge in [0.05, 0.1) is 11.9 Å². The molecular formula is C14H21FN2. The minimum atomic E-state index is -0.265. The summed E-state index contributed by atoms with van der Waals surface area (Å²) in [5.74, 6) is 0.577. The lowest BCUT2D eigenvalue weighted by Gasteiger charge is -2.16. The summed E-state index contributed by atoms with van der Waals surface area (Å²) < 4.78 is 12.8. The van der Waals surface area contributed by atoms with Gasteiger partial charge in [0, 0.05) is 12.1 Å². The van der Waals surface area contributed by atoms with Crippen LogP contribution in [0.4, 0.5) is 4.39 Å². The zero-order chi connectivity index (χ0) is 12.3. The van der Waals surface area contributed by atoms with Gasteiger partial charge in [-0.15, -0.1) is 0 Å². The molecule has 2 rings (SSSR count). The van der Waals surface area contributed by atoms with Gasteiger partial charge in [0.1, 0.15) is 5.82 Å². The molecule has 0 amide bonds. The Kier molecular flexibility index (Phi) is 4.11. The van der Waals surface area contributed by atoms with Crippen LogP contribution >= 0.6 is 0 Å². The second-order valence-electron chi connectivity index (χ2n) is 4.92. The molecule has 3 atom stereocenters. The smallest absolute Gasteiger partial charge is 0.141 e. The van der Waals surface area contributed by atoms with Crippen LogP contribution in [0.5, 0.6) is 0 Å². The molecule has 1 fully saturated rings. The van der Waals surface area contributed by atoms with Crippen molar-refractivity contribution in [1.29, 1.82) is 0 Å². The molecule has 0 saturated heterocycles. The molecule has 1 heterocycles. The van der Waals surface area contributed by atoms with Gasteiger partial charge in [-0.05, 0) is 37.3 Å². The zero-order valence-corrected chi connectivity index (χ0v) is 10.6. The number of rotatable bonds is 6. The lowest BCUT2D eigenvalue weighted by molar-refractivity contribution is 0.478. The van der Waals surface area contributed by atoms with E-state index in [0.29, 0.717) is 6.04 Å². The largest absolute Gasteiger partial charge is 0.306 e. The van der Waals surface area contributed by atoms with E-state index in [1.807, 2.05) is 0 Å². The molecule has 94 valence electrons. The number of nitrogens with one attached hydrogen (secondary N) is 1. The summed E-state index contributed by atoms with van der Waals surface area (Å²) in [5.41, 5.74) is 0.955. The SMILES string of the molecule is CCCC1CC1NC(CC)c1ccc(F)cn1. The van der Waals surface area contributed by atoms with E-state index >= 15 is 0 Å². The van der Waals surface area contributed by atoms with Gasteiger partial charge in [-0.25, -0.2) is 4.39 Å². The average molecular weight is 236 g/mol. The van der Waals surface area contributed by atoms with Crippen LogP contribution in [-0.2, 0) is 0 Å². The quantitative estimate of drug-likeness (QED) is 0.818. The monoisotopic (exact) mass is 236 g/mol. The summed E-state index contributed by atoms with van der Waals surface area (Å²) in [4.78, 5) is 4.16. The lowest BCUT2D eigenvalue weighted by Crippen LogP contribution is -2.25. The number of nitrogens with zero attached hydrogens (tertiary/aromatic N) is 1. The van der Waals surface area contributed by atoms with E-state index in [2.05, 4.69) is 24.1 Å². The van der Waals surface area contributed by atoms with E-state index in [1.54, 1.807) is 6.07 Å². The third-order valence-electron chi connectivity index (χ3n) is 3.51. The Morgan fingerprint density at radius 2 is 2.29 bits per heavy atom. The molecule has 1 aromatic rings. The van der Waals surface area contributed by atoms with Crippen LogP contribution in [0.1, 0.15) is 51.3 Å². The van der Waals surface area contributed by atoms with Gasteiger partial charge >= 0.3 is 0 Å². The molecule has 0 aromatic carbocycles. The first-order valence-corrected chi connectivity index (χ1v) is 6.62. The number of pyridine rings is 1. The summed E-state index contributed by atoms with van der Waals surface area (Å²) in [5, 5.41) is 3.63. The Morgan fingerprint density at radius 3 is 2.88 bits per heavy atom. The summed E-state index contributed by atoms with van der Waals surface area (Å²) >= 11 is 0. The van der Waals surface area contributed by atoms with Crippen molar-refractivity contribution in [3.63, 3.8) is 0 Å². The standard InChI is InChI=1S/C14H21FN2/c1-3-5-10-8-14(10)17-12(4-2)13-7-6-11(15)9-16-13/h6-7,9-10,12,14,17H,3-5,8H2,1-2H3. The second-order valence-corrected chi connectivity index (χ2v) is 4.92. The Labute approximate surface area is 103 Å². The predicted octanol–water partition coefficient (Wildman–Crippen LogP) is 3.45. The van der Waals surface area contributed by atoms with Gasteiger partial charge in [-0.3, -0.25) is 4.98 Å². The Hall–Kier alpha value is -0.960. The molecule has 1 aliphatic carbocycles. The Bertz CT molecular complexity index is 350. The molecule has 3 heteroatoms. The van der Waals surface area contributed by atoms with Gasteiger partial charge in [-0.2, -0.15) is 0 Å². The third kappa shape index (κ3) is 3.25. The summed E-state index contributed by atoms with van der Waals surface area (Å²) in [6.07, 6.45) is 6.15. The van der Waals surface area contributed by atoms with Crippen LogP contribution < -0.4 is 5.32 Å². The van der Waals surface area contributed by atoms with Crippen molar-refractivity contribution in [3.05, 3.63) is 29.8 Å². The summed E-state index contributed by atoms with van der Waals surface area (Å²) in [7, 11) is 0. The maximum Gasteiger partial charge on any atom is 0.141 e. The lowest BCUT2D eigenvalue weighted by atomic mass is 10.1. The second kappa shape index (κ2) is 5.58. The zero-order valence-electron chi connectivity index (χ0n) is 10.6. The van der Waals surface area contributed by atoms with Crippen molar-refractivity contribution in [1.82, 2.24) is 10.3 Å². The first-order valence-electron chi connectivity index (χ1n) is 6.62. The van der Waals surface area contributed by atoms with Gasteiger partial charge in [-0.1, -0.05) is 20.3 Å². The fraction of sp³-hybridized carbons (Fsp3) is 0.643. The number of hydrogen-bond acceptors (Lipinski definition) is 2. The van der Waals surface area contributed by atoms with Crippen LogP contribution in [0.15, 0.2) is 18.3 Å². The molecule has 0 aliphatic heterocycles. The first kappa shape index (κ1) is 12.5. The Morgan fingerprint density at radius 1 is 1.47 bits per heavy atom. The molecular weight excluding hydrogens is 215 g/mol. The fourth-order valence-corrected chi connectivity index (χ4v) is 2.41. The van der Waals surface area contributed by atoms with E-state index < -0.39 is 0 Å². The molecule has 0 spiro atoms. The normalized spacial score (nSPS) is 24.6. The number of hydrogen-bond donors (Lipinski definition) is 1. The van der Waals surface area contributed by atoms with Crippen LogP contribution in [0.2, 0.25) is 0 Å². The molecule has 1 aliphatic rings. The van der Waals surface area contributed by atoms with Gasteiger partial charge in [0.25, 0.3) is 0 Å². The Balaban J connectivity index is 1.91. The fourth-order valence-electron chi connectivity index (χ4n) is 2.41. The molecule has 0 radical (unpaired) electrons. The molecule has 1 aromatic heterocycles. The van der Waals surface area contributed by atoms with Crippen LogP contribution in [0, 0.1) is 11.7 Å². The van der Waals surface area contributed by atoms with E-state index in [1.165, 1.54) is 31.5 Å². The van der Waals surface area contributed by atoms with E-state index in [4.69, 9.17) is 0 Å². The maximum absolute atomic E-state index is 12.8. The first-order chi connectivity index (χ1) is 8.24. The molecule has 2 nitrogen and oxygen atoms in total. The molecule has 1 N–H and O–H groups in total. The van der Waals surface area contributed by atoms with Crippen molar-refractivity contribution >= 4 is 0 Å². The topological polar surface area (TPSA) is 24.9 Å². The maximum atomic E-state index is 12.8. The summed E-state index contributed by atoms with van der Waals surface area (Å²) in [6, 6.07) is 4.19. The van der Waals surface area contributed by atoms with Crippen LogP contribution in [-0.4, -0.2) is 11.0 Å². The van der Waals surface area contributed by atoms with Gasteiger partial charge < -0.3 is 5.32 Å². The van der Waals surface area contributed by atoms with Crippen molar-refractivity contribution in [2.24, 2.45) is 5.92 Å².